The number of carbonyl (C=O) groups excluding carboxylic acids is 2. The van der Waals surface area contributed by atoms with Crippen LogP contribution in [0.4, 0.5) is 11.5 Å². The van der Waals surface area contributed by atoms with Crippen molar-refractivity contribution in [3.63, 3.8) is 0 Å². The van der Waals surface area contributed by atoms with Crippen LogP contribution in [0.15, 0.2) is 40.8 Å². The predicted octanol–water partition coefficient (Wildman–Crippen LogP) is 2.73. The molecule has 27 heavy (non-hydrogen) atoms. The first kappa shape index (κ1) is 18.9. The molecule has 3 rings (SSSR count). The Morgan fingerprint density at radius 1 is 1.37 bits per heavy atom. The standard InChI is InChI=1S/C19H20N4O3S/c1-4-7-27-19-22-16-15(18(26)23-19)13(9-14(24)21-16)17(25)20-12-6-5-10(2)11(3)8-12/h4-6,8,13H,1,7,9H2,2-3H3,(H,20,25)(H2,21,22,23,24,26)/t13-/m1/s1. The highest BCUT2D eigenvalue weighted by atomic mass is 32.2. The maximum atomic E-state index is 12.8. The molecule has 8 heteroatoms. The second-order valence-corrected chi connectivity index (χ2v) is 7.33. The van der Waals surface area contributed by atoms with Gasteiger partial charge in [0.05, 0.1) is 11.5 Å². The molecule has 140 valence electrons. The monoisotopic (exact) mass is 384 g/mol. The number of hydrogen-bond acceptors (Lipinski definition) is 5. The van der Waals surface area contributed by atoms with Gasteiger partial charge in [-0.1, -0.05) is 23.9 Å². The Balaban J connectivity index is 1.91. The molecule has 1 atom stereocenters. The second-order valence-electron chi connectivity index (χ2n) is 6.33. The molecular formula is C19H20N4O3S. The molecule has 0 aliphatic carbocycles. The first-order chi connectivity index (χ1) is 12.9. The van der Waals surface area contributed by atoms with Gasteiger partial charge in [-0.25, -0.2) is 4.98 Å². The number of aromatic nitrogens is 2. The van der Waals surface area contributed by atoms with Gasteiger partial charge in [0.2, 0.25) is 11.8 Å². The lowest BCUT2D eigenvalue weighted by Gasteiger charge is -2.23. The van der Waals surface area contributed by atoms with Crippen LogP contribution in [0.3, 0.4) is 0 Å². The predicted molar refractivity (Wildman–Crippen MR) is 106 cm³/mol. The molecule has 0 fully saturated rings. The number of aromatic amines is 1. The summed E-state index contributed by atoms with van der Waals surface area (Å²) in [4.78, 5) is 44.4. The Hall–Kier alpha value is -2.87. The largest absolute Gasteiger partial charge is 0.326 e. The number of aryl methyl sites for hydroxylation is 2. The third-order valence-electron chi connectivity index (χ3n) is 4.36. The van der Waals surface area contributed by atoms with E-state index in [0.717, 1.165) is 11.1 Å². The van der Waals surface area contributed by atoms with Crippen molar-refractivity contribution in [1.82, 2.24) is 9.97 Å². The van der Waals surface area contributed by atoms with E-state index in [2.05, 4.69) is 27.2 Å². The minimum absolute atomic E-state index is 0.104. The number of benzene rings is 1. The van der Waals surface area contributed by atoms with E-state index in [4.69, 9.17) is 0 Å². The van der Waals surface area contributed by atoms with E-state index in [1.165, 1.54) is 11.8 Å². The zero-order chi connectivity index (χ0) is 19.6. The zero-order valence-electron chi connectivity index (χ0n) is 15.1. The van der Waals surface area contributed by atoms with Crippen LogP contribution >= 0.6 is 11.8 Å². The fourth-order valence-corrected chi connectivity index (χ4v) is 3.43. The van der Waals surface area contributed by atoms with Gasteiger partial charge in [0.25, 0.3) is 5.56 Å². The summed E-state index contributed by atoms with van der Waals surface area (Å²) in [7, 11) is 0. The molecule has 0 bridgehead atoms. The van der Waals surface area contributed by atoms with Gasteiger partial charge in [0.15, 0.2) is 5.16 Å². The van der Waals surface area contributed by atoms with Crippen molar-refractivity contribution in [1.29, 1.82) is 0 Å². The molecule has 7 nitrogen and oxygen atoms in total. The summed E-state index contributed by atoms with van der Waals surface area (Å²) in [5.41, 5.74) is 2.53. The van der Waals surface area contributed by atoms with Crippen LogP contribution in [0.25, 0.3) is 0 Å². The molecule has 1 aliphatic rings. The third kappa shape index (κ3) is 4.11. The minimum Gasteiger partial charge on any atom is -0.326 e. The molecule has 2 heterocycles. The molecule has 0 saturated carbocycles. The van der Waals surface area contributed by atoms with Gasteiger partial charge >= 0.3 is 0 Å². The van der Waals surface area contributed by atoms with Crippen LogP contribution in [0.5, 0.6) is 0 Å². The maximum Gasteiger partial charge on any atom is 0.257 e. The molecule has 1 aliphatic heterocycles. The summed E-state index contributed by atoms with van der Waals surface area (Å²) < 4.78 is 0. The van der Waals surface area contributed by atoms with Gasteiger partial charge in [0.1, 0.15) is 5.82 Å². The number of rotatable bonds is 5. The van der Waals surface area contributed by atoms with Gasteiger partial charge in [-0.05, 0) is 37.1 Å². The van der Waals surface area contributed by atoms with Gasteiger partial charge < -0.3 is 15.6 Å². The summed E-state index contributed by atoms with van der Waals surface area (Å²) in [5.74, 6) is -0.952. The normalized spacial score (nSPS) is 15.6. The fraction of sp³-hybridized carbons (Fsp3) is 0.263. The Morgan fingerprint density at radius 3 is 2.85 bits per heavy atom. The highest BCUT2D eigenvalue weighted by Crippen LogP contribution is 2.30. The number of nitrogens with one attached hydrogen (secondary N) is 3. The zero-order valence-corrected chi connectivity index (χ0v) is 15.9. The summed E-state index contributed by atoms with van der Waals surface area (Å²) in [6, 6.07) is 5.56. The number of H-pyrrole nitrogens is 1. The van der Waals surface area contributed by atoms with Crippen molar-refractivity contribution < 1.29 is 9.59 Å². The highest BCUT2D eigenvalue weighted by molar-refractivity contribution is 7.99. The van der Waals surface area contributed by atoms with Crippen molar-refractivity contribution in [2.45, 2.75) is 31.3 Å². The van der Waals surface area contributed by atoms with E-state index in [1.54, 1.807) is 12.1 Å². The molecule has 0 unspecified atom stereocenters. The Bertz CT molecular complexity index is 983. The van der Waals surface area contributed by atoms with E-state index in [1.807, 2.05) is 26.0 Å². The second kappa shape index (κ2) is 7.79. The van der Waals surface area contributed by atoms with Crippen LogP contribution in [0.1, 0.15) is 29.0 Å². The first-order valence-corrected chi connectivity index (χ1v) is 9.43. The molecule has 2 amide bonds. The number of fused-ring (bicyclic) bond motifs is 1. The Labute approximate surface area is 160 Å². The van der Waals surface area contributed by atoms with E-state index < -0.39 is 17.4 Å². The van der Waals surface area contributed by atoms with Crippen LogP contribution in [-0.4, -0.2) is 27.5 Å². The molecule has 1 aromatic carbocycles. The van der Waals surface area contributed by atoms with E-state index >= 15 is 0 Å². The lowest BCUT2D eigenvalue weighted by molar-refractivity contribution is -0.123. The molecule has 1 aromatic heterocycles. The van der Waals surface area contributed by atoms with Gasteiger partial charge in [-0.15, -0.1) is 6.58 Å². The quantitative estimate of drug-likeness (QED) is 0.418. The number of anilines is 2. The molecule has 0 saturated heterocycles. The molecule has 0 radical (unpaired) electrons. The average Bonchev–Trinajstić information content (AvgIpc) is 2.62. The number of nitrogens with zero attached hydrogens (tertiary/aromatic N) is 1. The van der Waals surface area contributed by atoms with Crippen LogP contribution in [0, 0.1) is 13.8 Å². The van der Waals surface area contributed by atoms with Crippen molar-refractivity contribution in [3.8, 4) is 0 Å². The topological polar surface area (TPSA) is 104 Å². The van der Waals surface area contributed by atoms with E-state index in [-0.39, 0.29) is 23.7 Å². The first-order valence-electron chi connectivity index (χ1n) is 8.45. The minimum atomic E-state index is -0.898. The van der Waals surface area contributed by atoms with Crippen LogP contribution in [0.2, 0.25) is 0 Å². The molecular weight excluding hydrogens is 364 g/mol. The van der Waals surface area contributed by atoms with Crippen LogP contribution < -0.4 is 16.2 Å². The molecule has 3 N–H and O–H groups in total. The van der Waals surface area contributed by atoms with Crippen LogP contribution in [-0.2, 0) is 9.59 Å². The summed E-state index contributed by atoms with van der Waals surface area (Å²) in [6.45, 7) is 7.55. The van der Waals surface area contributed by atoms with Crippen molar-refractivity contribution >= 4 is 35.1 Å². The highest BCUT2D eigenvalue weighted by Gasteiger charge is 2.34. The summed E-state index contributed by atoms with van der Waals surface area (Å²) >= 11 is 1.29. The number of thioether (sulfide) groups is 1. The fourth-order valence-electron chi connectivity index (χ4n) is 2.83. The number of hydrogen-bond donors (Lipinski definition) is 3. The SMILES string of the molecule is C=CCSc1nc2c(c(=O)[nH]1)[C@H](C(=O)Nc1ccc(C)c(C)c1)CC(=O)N2. The van der Waals surface area contributed by atoms with Crippen molar-refractivity contribution in [3.05, 3.63) is 57.9 Å². The summed E-state index contributed by atoms with van der Waals surface area (Å²) in [5, 5.41) is 5.76. The number of carbonyl (C=O) groups is 2. The van der Waals surface area contributed by atoms with Gasteiger partial charge in [0, 0.05) is 17.9 Å². The van der Waals surface area contributed by atoms with E-state index in [0.29, 0.717) is 16.6 Å². The van der Waals surface area contributed by atoms with Gasteiger partial charge in [-0.3, -0.25) is 14.4 Å². The molecule has 2 aromatic rings. The number of amides is 2. The lowest BCUT2D eigenvalue weighted by Crippen LogP contribution is -2.36. The maximum absolute atomic E-state index is 12.8. The van der Waals surface area contributed by atoms with Crippen molar-refractivity contribution in [2.24, 2.45) is 0 Å². The Morgan fingerprint density at radius 2 is 2.15 bits per heavy atom. The third-order valence-corrected chi connectivity index (χ3v) is 5.23. The summed E-state index contributed by atoms with van der Waals surface area (Å²) in [6.07, 6.45) is 1.58. The average molecular weight is 384 g/mol. The van der Waals surface area contributed by atoms with Crippen molar-refractivity contribution in [2.75, 3.05) is 16.4 Å². The molecule has 0 spiro atoms. The van der Waals surface area contributed by atoms with Gasteiger partial charge in [-0.2, -0.15) is 0 Å². The smallest absolute Gasteiger partial charge is 0.257 e. The van der Waals surface area contributed by atoms with E-state index in [9.17, 15) is 14.4 Å². The Kier molecular flexibility index (Phi) is 5.46. The lowest BCUT2D eigenvalue weighted by atomic mass is 9.92.